The molecular weight excluding hydrogens is 573 g/mol. The molecule has 3 aromatic carbocycles. The Morgan fingerprint density at radius 3 is 2.41 bits per heavy atom. The Bertz CT molecular complexity index is 1470. The van der Waals surface area contributed by atoms with Gasteiger partial charge in [0.1, 0.15) is 0 Å². The molecule has 0 saturated carbocycles. The Morgan fingerprint density at radius 1 is 1.03 bits per heavy atom. The number of alkyl halides is 3. The molecule has 3 aromatic rings. The van der Waals surface area contributed by atoms with E-state index >= 15 is 0 Å². The Morgan fingerprint density at radius 2 is 1.76 bits per heavy atom. The van der Waals surface area contributed by atoms with Crippen molar-refractivity contribution in [2.24, 2.45) is 9.98 Å². The van der Waals surface area contributed by atoms with Crippen LogP contribution in [0.2, 0.25) is 0 Å². The van der Waals surface area contributed by atoms with E-state index in [1.54, 1.807) is 23.1 Å². The molecule has 0 unspecified atom stereocenters. The summed E-state index contributed by atoms with van der Waals surface area (Å²) in [6, 6.07) is 15.4. The van der Waals surface area contributed by atoms with E-state index in [0.717, 1.165) is 12.1 Å². The number of hydrogen-bond acceptors (Lipinski definition) is 6. The molecule has 0 aromatic heterocycles. The average molecular weight is 593 g/mol. The maximum absolute atomic E-state index is 14.0. The van der Waals surface area contributed by atoms with Gasteiger partial charge in [0.2, 0.25) is 0 Å². The molecule has 192 valence electrons. The van der Waals surface area contributed by atoms with E-state index in [2.05, 4.69) is 26.8 Å². The van der Waals surface area contributed by atoms with Gasteiger partial charge in [-0.2, -0.15) is 13.2 Å². The van der Waals surface area contributed by atoms with Gasteiger partial charge in [-0.15, -0.1) is 0 Å². The second-order valence-corrected chi connectivity index (χ2v) is 11.3. The van der Waals surface area contributed by atoms with Gasteiger partial charge in [-0.3, -0.25) is 0 Å². The Balaban J connectivity index is 1.53. The third-order valence-electron chi connectivity index (χ3n) is 5.32. The summed E-state index contributed by atoms with van der Waals surface area (Å²) in [5, 5.41) is 0. The number of hydrogen-bond donors (Lipinski definition) is 0. The van der Waals surface area contributed by atoms with Crippen molar-refractivity contribution < 1.29 is 30.7 Å². The Hall–Kier alpha value is -3.17. The van der Waals surface area contributed by atoms with Crippen molar-refractivity contribution in [3.05, 3.63) is 94.8 Å². The second-order valence-electron chi connectivity index (χ2n) is 8.33. The van der Waals surface area contributed by atoms with Gasteiger partial charge in [0.05, 0.1) is 0 Å². The molecule has 0 atom stereocenters. The molecule has 1 aliphatic heterocycles. The molecule has 0 fully saturated rings. The standard InChI is InChI=1S/C25H20AsF4N3O3S/c1-37(34,35)14-17-3-2-4-20(11-17)33-15-31-23(32-24(33)26)21-10-9-19(27)12-22(21)36-13-16-5-7-18(8-6-16)25(28,29)30/h2-12H,13-15H2,1H3. The van der Waals surface area contributed by atoms with Gasteiger partial charge in [0, 0.05) is 0 Å². The zero-order chi connectivity index (χ0) is 26.8. The third kappa shape index (κ3) is 6.99. The van der Waals surface area contributed by atoms with Crippen LogP contribution < -0.4 is 9.64 Å². The summed E-state index contributed by atoms with van der Waals surface area (Å²) in [4.78, 5) is 10.8. The predicted octanol–water partition coefficient (Wildman–Crippen LogP) is 4.72. The molecule has 0 N–H and O–H groups in total. The van der Waals surface area contributed by atoms with Crippen molar-refractivity contribution in [3.63, 3.8) is 0 Å². The topological polar surface area (TPSA) is 71.3 Å². The zero-order valence-electron chi connectivity index (χ0n) is 19.4. The number of ether oxygens (including phenoxy) is 1. The normalized spacial score (nSPS) is 14.3. The van der Waals surface area contributed by atoms with E-state index in [1.165, 1.54) is 36.6 Å². The molecule has 2 radical (unpaired) electrons. The van der Waals surface area contributed by atoms with E-state index < -0.39 is 27.4 Å². The van der Waals surface area contributed by atoms with Crippen LogP contribution >= 0.6 is 0 Å². The Kier molecular flexibility index (Phi) is 7.75. The van der Waals surface area contributed by atoms with Crippen molar-refractivity contribution in [1.82, 2.24) is 0 Å². The number of anilines is 1. The van der Waals surface area contributed by atoms with Crippen LogP contribution in [0.5, 0.6) is 5.75 Å². The quantitative estimate of drug-likeness (QED) is 0.294. The van der Waals surface area contributed by atoms with Crippen LogP contribution in [0, 0.1) is 5.82 Å². The Labute approximate surface area is 220 Å². The molecule has 12 heteroatoms. The molecule has 0 aliphatic carbocycles. The van der Waals surface area contributed by atoms with Crippen LogP contribution in [0.3, 0.4) is 0 Å². The first-order valence-electron chi connectivity index (χ1n) is 10.8. The number of aliphatic imine (C=N–C) groups is 2. The number of amidine groups is 2. The number of nitrogens with zero attached hydrogens (tertiary/aromatic N) is 3. The first-order valence-corrected chi connectivity index (χ1v) is 13.8. The first-order chi connectivity index (χ1) is 17.4. The summed E-state index contributed by atoms with van der Waals surface area (Å²) < 4.78 is 82.0. The molecular formula is C25H20AsF4N3O3S. The molecule has 1 aliphatic rings. The SMILES string of the molecule is CS(=O)(=O)Cc1cccc(N2CN=C(c3ccc(F)cc3OCc3ccc(C(F)(F)F)cc3)N=C2[As])c1. The van der Waals surface area contributed by atoms with E-state index in [9.17, 15) is 26.0 Å². The monoisotopic (exact) mass is 593 g/mol. The first kappa shape index (κ1) is 26.9. The predicted molar refractivity (Wildman–Crippen MR) is 134 cm³/mol. The number of rotatable bonds is 7. The summed E-state index contributed by atoms with van der Waals surface area (Å²) in [6.07, 6.45) is -3.27. The van der Waals surface area contributed by atoms with Crippen LogP contribution in [-0.4, -0.2) is 48.7 Å². The average Bonchev–Trinajstić information content (AvgIpc) is 2.81. The van der Waals surface area contributed by atoms with Crippen LogP contribution in [0.25, 0.3) is 0 Å². The fraction of sp³-hybridized carbons (Fsp3) is 0.200. The molecule has 1 heterocycles. The van der Waals surface area contributed by atoms with Crippen LogP contribution in [0.4, 0.5) is 23.2 Å². The fourth-order valence-electron chi connectivity index (χ4n) is 3.60. The van der Waals surface area contributed by atoms with E-state index in [-0.39, 0.29) is 24.8 Å². The van der Waals surface area contributed by atoms with Gasteiger partial charge in [-0.1, -0.05) is 0 Å². The second kappa shape index (κ2) is 10.7. The zero-order valence-corrected chi connectivity index (χ0v) is 22.1. The van der Waals surface area contributed by atoms with Crippen molar-refractivity contribution in [2.45, 2.75) is 18.5 Å². The minimum absolute atomic E-state index is 0.0834. The molecule has 4 rings (SSSR count). The van der Waals surface area contributed by atoms with Crippen molar-refractivity contribution in [3.8, 4) is 5.75 Å². The van der Waals surface area contributed by atoms with Crippen molar-refractivity contribution in [1.29, 1.82) is 0 Å². The van der Waals surface area contributed by atoms with Gasteiger partial charge in [-0.25, -0.2) is 0 Å². The molecule has 0 saturated heterocycles. The van der Waals surface area contributed by atoms with Crippen LogP contribution in [0.1, 0.15) is 22.3 Å². The molecule has 37 heavy (non-hydrogen) atoms. The fourth-order valence-corrected chi connectivity index (χ4v) is 4.96. The van der Waals surface area contributed by atoms with Crippen molar-refractivity contribution >= 4 is 42.8 Å². The molecule has 0 bridgehead atoms. The minimum atomic E-state index is -4.44. The van der Waals surface area contributed by atoms with Gasteiger partial charge in [0.15, 0.2) is 0 Å². The van der Waals surface area contributed by atoms with Gasteiger partial charge in [-0.05, 0) is 0 Å². The van der Waals surface area contributed by atoms with Crippen LogP contribution in [-0.2, 0) is 28.4 Å². The van der Waals surface area contributed by atoms with Crippen LogP contribution in [0.15, 0.2) is 76.7 Å². The summed E-state index contributed by atoms with van der Waals surface area (Å²) in [5.41, 5.74) is 1.47. The van der Waals surface area contributed by atoms with Crippen molar-refractivity contribution in [2.75, 3.05) is 17.8 Å². The van der Waals surface area contributed by atoms with Gasteiger partial charge in [0.25, 0.3) is 0 Å². The molecule has 6 nitrogen and oxygen atoms in total. The molecule has 0 spiro atoms. The van der Waals surface area contributed by atoms with Gasteiger partial charge < -0.3 is 0 Å². The van der Waals surface area contributed by atoms with Gasteiger partial charge >= 0.3 is 207 Å². The number of benzene rings is 3. The van der Waals surface area contributed by atoms with E-state index in [4.69, 9.17) is 4.74 Å². The molecule has 0 amide bonds. The summed E-state index contributed by atoms with van der Waals surface area (Å²) in [5.74, 6) is -0.208. The van der Waals surface area contributed by atoms with E-state index in [0.29, 0.717) is 32.8 Å². The van der Waals surface area contributed by atoms with E-state index in [1.807, 2.05) is 6.07 Å². The summed E-state index contributed by atoms with van der Waals surface area (Å²) >= 11 is 2.32. The summed E-state index contributed by atoms with van der Waals surface area (Å²) in [6.45, 7) is 0.0842. The third-order valence-corrected chi connectivity index (χ3v) is 6.89. The summed E-state index contributed by atoms with van der Waals surface area (Å²) in [7, 11) is -3.20. The maximum atomic E-state index is 14.0. The number of halogens is 4. The number of sulfone groups is 1.